The maximum atomic E-state index is 12.2. The van der Waals surface area contributed by atoms with Crippen molar-refractivity contribution in [2.45, 2.75) is 50.6 Å². The van der Waals surface area contributed by atoms with Gasteiger partial charge in [0.05, 0.1) is 12.6 Å². The summed E-state index contributed by atoms with van der Waals surface area (Å²) in [5, 5.41) is 12.3. The number of carbonyl (C=O) groups excluding carboxylic acids is 2. The quantitative estimate of drug-likeness (QED) is 0.831. The number of likely N-dealkylation sites (tertiary alicyclic amines) is 1. The van der Waals surface area contributed by atoms with Crippen LogP contribution < -0.4 is 5.32 Å². The second kappa shape index (κ2) is 7.59. The average molecular weight is 306 g/mol. The lowest BCUT2D eigenvalue weighted by molar-refractivity contribution is -0.134. The van der Waals surface area contributed by atoms with Crippen LogP contribution in [0.1, 0.15) is 38.5 Å². The molecule has 0 spiro atoms. The van der Waals surface area contributed by atoms with Crippen molar-refractivity contribution in [3.8, 4) is 6.07 Å². The van der Waals surface area contributed by atoms with Gasteiger partial charge in [-0.25, -0.2) is 0 Å². The summed E-state index contributed by atoms with van der Waals surface area (Å²) < 4.78 is 0. The molecule has 6 heteroatoms. The molecular weight excluding hydrogens is 280 g/mol. The Balaban J connectivity index is 1.72. The molecule has 0 radical (unpaired) electrons. The van der Waals surface area contributed by atoms with Gasteiger partial charge in [-0.15, -0.1) is 0 Å². The summed E-state index contributed by atoms with van der Waals surface area (Å²) in [6.07, 6.45) is 5.33. The number of hydrogen-bond donors (Lipinski definition) is 1. The lowest BCUT2D eigenvalue weighted by Crippen LogP contribution is -2.45. The first-order valence-electron chi connectivity index (χ1n) is 8.16. The highest BCUT2D eigenvalue weighted by atomic mass is 16.2. The fraction of sp³-hybridized carbons (Fsp3) is 0.812. The molecule has 1 heterocycles. The third-order valence-corrected chi connectivity index (χ3v) is 4.78. The van der Waals surface area contributed by atoms with E-state index in [-0.39, 0.29) is 23.8 Å². The van der Waals surface area contributed by atoms with Crippen LogP contribution >= 0.6 is 0 Å². The molecule has 1 atom stereocenters. The normalized spacial score (nSPS) is 28.2. The van der Waals surface area contributed by atoms with Crippen molar-refractivity contribution in [3.05, 3.63) is 0 Å². The number of rotatable bonds is 4. The standard InChI is InChI=1S/C16H26N4O2/c1-19(2)16(22)12-5-7-13(8-6-12)18-11-15(21)20-9-3-4-14(20)10-17/h12-14,18H,3-9,11H2,1-2H3/t12?,13?,14-/m0/s1. The molecule has 6 nitrogen and oxygen atoms in total. The molecule has 2 rings (SSSR count). The van der Waals surface area contributed by atoms with Crippen LogP contribution in [0.2, 0.25) is 0 Å². The number of amides is 2. The van der Waals surface area contributed by atoms with Crippen LogP contribution in [0.15, 0.2) is 0 Å². The molecule has 22 heavy (non-hydrogen) atoms. The van der Waals surface area contributed by atoms with Crippen LogP contribution in [0.3, 0.4) is 0 Å². The van der Waals surface area contributed by atoms with E-state index in [1.54, 1.807) is 23.9 Å². The van der Waals surface area contributed by atoms with E-state index >= 15 is 0 Å². The molecule has 0 unspecified atom stereocenters. The first-order valence-corrected chi connectivity index (χ1v) is 8.16. The average Bonchev–Trinajstić information content (AvgIpc) is 3.01. The molecule has 122 valence electrons. The molecule has 1 aliphatic carbocycles. The van der Waals surface area contributed by atoms with Crippen molar-refractivity contribution in [2.75, 3.05) is 27.2 Å². The SMILES string of the molecule is CN(C)C(=O)C1CCC(NCC(=O)N2CCC[C@H]2C#N)CC1. The highest BCUT2D eigenvalue weighted by Crippen LogP contribution is 2.25. The van der Waals surface area contributed by atoms with E-state index in [2.05, 4.69) is 11.4 Å². The van der Waals surface area contributed by atoms with Crippen molar-refractivity contribution in [3.63, 3.8) is 0 Å². The molecule has 2 aliphatic rings. The van der Waals surface area contributed by atoms with Gasteiger partial charge in [-0.1, -0.05) is 0 Å². The summed E-state index contributed by atoms with van der Waals surface area (Å²) in [6, 6.07) is 2.25. The van der Waals surface area contributed by atoms with Gasteiger partial charge in [-0.3, -0.25) is 9.59 Å². The summed E-state index contributed by atoms with van der Waals surface area (Å²) in [4.78, 5) is 27.5. The summed E-state index contributed by atoms with van der Waals surface area (Å²) in [5.74, 6) is 0.365. The van der Waals surface area contributed by atoms with Crippen LogP contribution in [0.5, 0.6) is 0 Å². The van der Waals surface area contributed by atoms with Crippen molar-refractivity contribution in [1.29, 1.82) is 5.26 Å². The highest BCUT2D eigenvalue weighted by Gasteiger charge is 2.30. The van der Waals surface area contributed by atoms with Gasteiger partial charge in [0.1, 0.15) is 6.04 Å². The van der Waals surface area contributed by atoms with E-state index in [4.69, 9.17) is 5.26 Å². The van der Waals surface area contributed by atoms with Gasteiger partial charge < -0.3 is 15.1 Å². The van der Waals surface area contributed by atoms with E-state index in [1.165, 1.54) is 0 Å². The van der Waals surface area contributed by atoms with Crippen molar-refractivity contribution >= 4 is 11.8 Å². The van der Waals surface area contributed by atoms with Gasteiger partial charge in [0.2, 0.25) is 11.8 Å². The predicted molar refractivity (Wildman–Crippen MR) is 82.8 cm³/mol. The summed E-state index contributed by atoms with van der Waals surface area (Å²) >= 11 is 0. The minimum absolute atomic E-state index is 0.0236. The largest absolute Gasteiger partial charge is 0.349 e. The van der Waals surface area contributed by atoms with Crippen molar-refractivity contribution in [1.82, 2.24) is 15.1 Å². The first kappa shape index (κ1) is 16.8. The van der Waals surface area contributed by atoms with E-state index in [0.29, 0.717) is 19.1 Å². The third kappa shape index (κ3) is 3.98. The number of carbonyl (C=O) groups is 2. The fourth-order valence-corrected chi connectivity index (χ4v) is 3.44. The summed E-state index contributed by atoms with van der Waals surface area (Å²) in [6.45, 7) is 0.998. The molecule has 2 fully saturated rings. The number of nitriles is 1. The summed E-state index contributed by atoms with van der Waals surface area (Å²) in [5.41, 5.74) is 0. The van der Waals surface area contributed by atoms with Gasteiger partial charge >= 0.3 is 0 Å². The Kier molecular flexibility index (Phi) is 5.78. The van der Waals surface area contributed by atoms with Gasteiger partial charge in [0.25, 0.3) is 0 Å². The molecule has 1 N–H and O–H groups in total. The number of hydrogen-bond acceptors (Lipinski definition) is 4. The van der Waals surface area contributed by atoms with Crippen LogP contribution in [0, 0.1) is 17.2 Å². The Morgan fingerprint density at radius 2 is 1.91 bits per heavy atom. The van der Waals surface area contributed by atoms with E-state index in [0.717, 1.165) is 38.5 Å². The minimum Gasteiger partial charge on any atom is -0.349 e. The summed E-state index contributed by atoms with van der Waals surface area (Å²) in [7, 11) is 3.60. The molecule has 1 saturated heterocycles. The maximum absolute atomic E-state index is 12.2. The second-order valence-corrected chi connectivity index (χ2v) is 6.54. The highest BCUT2D eigenvalue weighted by molar-refractivity contribution is 5.79. The maximum Gasteiger partial charge on any atom is 0.237 e. The topological polar surface area (TPSA) is 76.4 Å². The Hall–Kier alpha value is -1.61. The Labute approximate surface area is 132 Å². The fourth-order valence-electron chi connectivity index (χ4n) is 3.44. The molecule has 1 saturated carbocycles. The molecule has 0 bridgehead atoms. The lowest BCUT2D eigenvalue weighted by atomic mass is 9.85. The number of nitrogens with one attached hydrogen (secondary N) is 1. The minimum atomic E-state index is -0.247. The molecular formula is C16H26N4O2. The Morgan fingerprint density at radius 3 is 2.50 bits per heavy atom. The Morgan fingerprint density at radius 1 is 1.23 bits per heavy atom. The van der Waals surface area contributed by atoms with Crippen LogP contribution in [-0.4, -0.2) is 60.9 Å². The van der Waals surface area contributed by atoms with E-state index in [1.807, 2.05) is 0 Å². The van der Waals surface area contributed by atoms with Gasteiger partial charge in [-0.2, -0.15) is 5.26 Å². The molecule has 1 aliphatic heterocycles. The zero-order valence-electron chi connectivity index (χ0n) is 13.5. The molecule has 0 aromatic rings. The van der Waals surface area contributed by atoms with Crippen LogP contribution in [0.25, 0.3) is 0 Å². The second-order valence-electron chi connectivity index (χ2n) is 6.54. The Bertz CT molecular complexity index is 450. The van der Waals surface area contributed by atoms with Gasteiger partial charge in [0, 0.05) is 32.6 Å². The molecule has 2 amide bonds. The predicted octanol–water partition coefficient (Wildman–Crippen LogP) is 0.738. The van der Waals surface area contributed by atoms with Crippen LogP contribution in [0.4, 0.5) is 0 Å². The number of nitrogens with zero attached hydrogens (tertiary/aromatic N) is 3. The molecule has 0 aromatic heterocycles. The smallest absolute Gasteiger partial charge is 0.237 e. The zero-order valence-corrected chi connectivity index (χ0v) is 13.5. The zero-order chi connectivity index (χ0) is 16.1. The third-order valence-electron chi connectivity index (χ3n) is 4.78. The van der Waals surface area contributed by atoms with Crippen molar-refractivity contribution < 1.29 is 9.59 Å². The van der Waals surface area contributed by atoms with Crippen LogP contribution in [-0.2, 0) is 9.59 Å². The monoisotopic (exact) mass is 306 g/mol. The first-order chi connectivity index (χ1) is 10.5. The van der Waals surface area contributed by atoms with E-state index in [9.17, 15) is 9.59 Å². The molecule has 0 aromatic carbocycles. The van der Waals surface area contributed by atoms with Crippen molar-refractivity contribution in [2.24, 2.45) is 5.92 Å². The lowest BCUT2D eigenvalue weighted by Gasteiger charge is -2.30. The van der Waals surface area contributed by atoms with Gasteiger partial charge in [-0.05, 0) is 38.5 Å². The van der Waals surface area contributed by atoms with E-state index < -0.39 is 0 Å². The van der Waals surface area contributed by atoms with Gasteiger partial charge in [0.15, 0.2) is 0 Å².